The van der Waals surface area contributed by atoms with Crippen molar-refractivity contribution in [1.29, 1.82) is 0 Å². The Kier molecular flexibility index (Phi) is 10.4. The molecule has 0 aliphatic heterocycles. The van der Waals surface area contributed by atoms with Crippen molar-refractivity contribution in [1.82, 2.24) is 0 Å². The fourth-order valence-corrected chi connectivity index (χ4v) is 2.50. The van der Waals surface area contributed by atoms with Gasteiger partial charge >= 0.3 is 29.6 Å². The molecule has 0 unspecified atom stereocenters. The number of nitro groups is 1. The van der Waals surface area contributed by atoms with Gasteiger partial charge in [0.15, 0.2) is 0 Å². The monoisotopic (exact) mass is 430 g/mol. The van der Waals surface area contributed by atoms with Gasteiger partial charge in [-0.1, -0.05) is 6.92 Å². The zero-order valence-electron chi connectivity index (χ0n) is 16.1. The maximum absolute atomic E-state index is 10.8. The molecule has 10 nitrogen and oxygen atoms in total. The molecule has 12 heteroatoms. The van der Waals surface area contributed by atoms with Crippen LogP contribution in [0.4, 0.5) is 22.7 Å². The summed E-state index contributed by atoms with van der Waals surface area (Å²) < 4.78 is 37.8. The molecule has 0 heterocycles. The van der Waals surface area contributed by atoms with Crippen LogP contribution in [0.25, 0.3) is 0 Å². The van der Waals surface area contributed by atoms with Crippen molar-refractivity contribution in [2.75, 3.05) is 17.8 Å². The number of anilines is 1. The van der Waals surface area contributed by atoms with Crippen LogP contribution >= 0.6 is 0 Å². The summed E-state index contributed by atoms with van der Waals surface area (Å²) in [5.41, 5.74) is 1.96. The second-order valence-corrected chi connectivity index (χ2v) is 7.15. The first kappa shape index (κ1) is 25.1. The second kappa shape index (κ2) is 12.0. The first-order valence-electron chi connectivity index (χ1n) is 8.33. The molecule has 0 spiro atoms. The fourth-order valence-electron chi connectivity index (χ4n) is 2.16. The van der Waals surface area contributed by atoms with Gasteiger partial charge in [0.2, 0.25) is 0 Å². The van der Waals surface area contributed by atoms with Gasteiger partial charge < -0.3 is 14.6 Å². The zero-order valence-corrected chi connectivity index (χ0v) is 18.9. The molecule has 1 N–H and O–H groups in total. The van der Waals surface area contributed by atoms with Crippen molar-refractivity contribution in [2.45, 2.75) is 20.0 Å². The Balaban J connectivity index is 0.00000420. The Morgan fingerprint density at radius 3 is 2.41 bits per heavy atom. The van der Waals surface area contributed by atoms with E-state index in [4.69, 9.17) is 4.74 Å². The van der Waals surface area contributed by atoms with E-state index in [-0.39, 0.29) is 41.9 Å². The minimum absolute atomic E-state index is 0. The van der Waals surface area contributed by atoms with E-state index < -0.39 is 20.9 Å². The minimum atomic E-state index is -4.40. The molecule has 0 saturated heterocycles. The van der Waals surface area contributed by atoms with E-state index in [1.807, 2.05) is 6.92 Å². The summed E-state index contributed by atoms with van der Waals surface area (Å²) in [4.78, 5) is 10.2. The maximum atomic E-state index is 10.8. The molecule has 2 aromatic rings. The van der Waals surface area contributed by atoms with Gasteiger partial charge in [-0.25, -0.2) is 8.42 Å². The molecule has 0 aliphatic rings. The van der Waals surface area contributed by atoms with Crippen LogP contribution in [0.2, 0.25) is 0 Å². The van der Waals surface area contributed by atoms with Crippen LogP contribution in [0.3, 0.4) is 0 Å². The number of hydrogen-bond acceptors (Lipinski definition) is 9. The van der Waals surface area contributed by atoms with Crippen molar-refractivity contribution in [2.24, 2.45) is 10.2 Å². The number of nitro benzene ring substituents is 1. The summed E-state index contributed by atoms with van der Waals surface area (Å²) in [6.45, 7) is 2.72. The number of non-ortho nitro benzene ring substituents is 1. The average molecular weight is 430 g/mol. The van der Waals surface area contributed by atoms with E-state index in [1.165, 1.54) is 24.3 Å². The number of benzene rings is 2. The summed E-state index contributed by atoms with van der Waals surface area (Å²) in [5.74, 6) is -0.730. The standard InChI is InChI=1S/C17H20N4O6S.Na/c1-2-9-27-11-13-10-15(18-12-28(24,25)26)5-8-17(13)20-19-14-3-6-16(7-4-14)21(22)23;/h3-8,10,18H,2,9,11-12H2,1H3,(H,24,25,26);/q;+1/p-1. The maximum Gasteiger partial charge on any atom is 1.00 e. The quantitative estimate of drug-likeness (QED) is 0.147. The smallest absolute Gasteiger partial charge is 0.747 e. The SMILES string of the molecule is CCCOCc1cc(NCS(=O)(=O)[O-])ccc1N=Nc1ccc([N+](=O)[O-])cc1.[Na+]. The molecule has 150 valence electrons. The number of azo groups is 1. The molecule has 0 fully saturated rings. The van der Waals surface area contributed by atoms with Crippen LogP contribution in [-0.2, 0) is 21.5 Å². The summed E-state index contributed by atoms with van der Waals surface area (Å²) in [5, 5.41) is 21.4. The summed E-state index contributed by atoms with van der Waals surface area (Å²) in [6.07, 6.45) is 0.825. The molecule has 2 aromatic carbocycles. The van der Waals surface area contributed by atoms with E-state index in [0.29, 0.717) is 29.2 Å². The van der Waals surface area contributed by atoms with E-state index in [9.17, 15) is 23.1 Å². The van der Waals surface area contributed by atoms with Crippen LogP contribution in [0.5, 0.6) is 0 Å². The van der Waals surface area contributed by atoms with Crippen molar-refractivity contribution in [3.63, 3.8) is 0 Å². The molecule has 29 heavy (non-hydrogen) atoms. The van der Waals surface area contributed by atoms with E-state index >= 15 is 0 Å². The predicted molar refractivity (Wildman–Crippen MR) is 102 cm³/mol. The third kappa shape index (κ3) is 8.98. The van der Waals surface area contributed by atoms with Gasteiger partial charge in [0.25, 0.3) is 5.69 Å². The molecule has 0 atom stereocenters. The molecule has 0 radical (unpaired) electrons. The molecular formula is C17H19N4NaO6S. The fraction of sp³-hybridized carbons (Fsp3) is 0.294. The van der Waals surface area contributed by atoms with Gasteiger partial charge in [-0.15, -0.1) is 0 Å². The van der Waals surface area contributed by atoms with Crippen molar-refractivity contribution >= 4 is 32.9 Å². The average Bonchev–Trinajstić information content (AvgIpc) is 2.65. The van der Waals surface area contributed by atoms with Crippen LogP contribution in [-0.4, -0.2) is 30.4 Å². The third-order valence-corrected chi connectivity index (χ3v) is 3.97. The van der Waals surface area contributed by atoms with Gasteiger partial charge in [0, 0.05) is 30.0 Å². The van der Waals surface area contributed by atoms with Gasteiger partial charge in [0.05, 0.1) is 22.9 Å². The Labute approximate surface area is 190 Å². The molecule has 2 rings (SSSR count). The molecule has 0 bridgehead atoms. The van der Waals surface area contributed by atoms with Crippen molar-refractivity contribution < 1.29 is 52.2 Å². The molecule has 0 amide bonds. The van der Waals surface area contributed by atoms with Crippen LogP contribution in [0.15, 0.2) is 52.7 Å². The molecule has 0 aliphatic carbocycles. The Hall–Kier alpha value is -1.89. The predicted octanol–water partition coefficient (Wildman–Crippen LogP) is 0.855. The van der Waals surface area contributed by atoms with Gasteiger partial charge in [-0.05, 0) is 36.8 Å². The topological polar surface area (TPSA) is 146 Å². The van der Waals surface area contributed by atoms with Crippen LogP contribution < -0.4 is 34.9 Å². The summed E-state index contributed by atoms with van der Waals surface area (Å²) in [7, 11) is -4.40. The Morgan fingerprint density at radius 1 is 1.14 bits per heavy atom. The largest absolute Gasteiger partial charge is 1.00 e. The van der Waals surface area contributed by atoms with Crippen LogP contribution in [0, 0.1) is 10.1 Å². The van der Waals surface area contributed by atoms with Crippen molar-refractivity contribution in [3.8, 4) is 0 Å². The van der Waals surface area contributed by atoms with Crippen molar-refractivity contribution in [3.05, 3.63) is 58.1 Å². The zero-order chi connectivity index (χ0) is 20.6. The van der Waals surface area contributed by atoms with E-state index in [0.717, 1.165) is 6.42 Å². The van der Waals surface area contributed by atoms with Crippen LogP contribution in [0.1, 0.15) is 18.9 Å². The van der Waals surface area contributed by atoms with Gasteiger partial charge in [0.1, 0.15) is 16.0 Å². The van der Waals surface area contributed by atoms with E-state index in [1.54, 1.807) is 18.2 Å². The number of nitrogens with zero attached hydrogens (tertiary/aromatic N) is 3. The summed E-state index contributed by atoms with van der Waals surface area (Å²) in [6, 6.07) is 10.4. The molecule has 0 saturated carbocycles. The number of nitrogens with one attached hydrogen (secondary N) is 1. The third-order valence-electron chi connectivity index (χ3n) is 3.47. The van der Waals surface area contributed by atoms with E-state index in [2.05, 4.69) is 15.5 Å². The Morgan fingerprint density at radius 2 is 1.83 bits per heavy atom. The normalized spacial score (nSPS) is 11.2. The molecule has 0 aromatic heterocycles. The summed E-state index contributed by atoms with van der Waals surface area (Å²) >= 11 is 0. The second-order valence-electron chi connectivity index (χ2n) is 5.75. The first-order chi connectivity index (χ1) is 13.3. The minimum Gasteiger partial charge on any atom is -0.747 e. The number of ether oxygens (including phenoxy) is 1. The number of rotatable bonds is 10. The number of hydrogen-bond donors (Lipinski definition) is 1. The van der Waals surface area contributed by atoms with Gasteiger partial charge in [-0.2, -0.15) is 10.2 Å². The van der Waals surface area contributed by atoms with Gasteiger partial charge in [-0.3, -0.25) is 10.1 Å². The first-order valence-corrected chi connectivity index (χ1v) is 9.90. The molecular weight excluding hydrogens is 411 g/mol. The Bertz CT molecular complexity index is 951.